The fraction of sp³-hybridized carbons (Fsp3) is 0.429. The smallest absolute Gasteiger partial charge is 0.332 e. The molecular weight excluding hydrogens is 260 g/mol. The molecule has 2 unspecified atom stereocenters. The van der Waals surface area contributed by atoms with Gasteiger partial charge in [0.05, 0.1) is 0 Å². The summed E-state index contributed by atoms with van der Waals surface area (Å²) in [6.45, 7) is 0.861. The molecule has 2 atom stereocenters. The van der Waals surface area contributed by atoms with Crippen LogP contribution in [0.15, 0.2) is 24.3 Å². The SMILES string of the molecule is O=C(O)C(O)CCNC(=O)C1NCCc2ccccc21. The van der Waals surface area contributed by atoms with Crippen LogP contribution < -0.4 is 10.6 Å². The zero-order valence-electron chi connectivity index (χ0n) is 11.0. The van der Waals surface area contributed by atoms with Crippen molar-refractivity contribution in [2.75, 3.05) is 13.1 Å². The zero-order valence-corrected chi connectivity index (χ0v) is 11.0. The molecule has 0 bridgehead atoms. The first-order valence-corrected chi connectivity index (χ1v) is 6.59. The molecule has 0 saturated heterocycles. The highest BCUT2D eigenvalue weighted by Crippen LogP contribution is 2.22. The van der Waals surface area contributed by atoms with Gasteiger partial charge in [0.2, 0.25) is 5.91 Å². The summed E-state index contributed by atoms with van der Waals surface area (Å²) in [4.78, 5) is 22.6. The van der Waals surface area contributed by atoms with Crippen LogP contribution in [0, 0.1) is 0 Å². The fourth-order valence-electron chi connectivity index (χ4n) is 2.30. The van der Waals surface area contributed by atoms with Gasteiger partial charge in [0.25, 0.3) is 0 Å². The lowest BCUT2D eigenvalue weighted by Crippen LogP contribution is -2.42. The Morgan fingerprint density at radius 3 is 2.90 bits per heavy atom. The summed E-state index contributed by atoms with van der Waals surface area (Å²) in [6.07, 6.45) is -0.561. The molecule has 1 amide bonds. The number of carbonyl (C=O) groups excluding carboxylic acids is 1. The lowest BCUT2D eigenvalue weighted by Gasteiger charge is -2.26. The van der Waals surface area contributed by atoms with E-state index in [1.807, 2.05) is 24.3 Å². The molecule has 6 nitrogen and oxygen atoms in total. The molecule has 1 aromatic rings. The molecule has 1 aromatic carbocycles. The van der Waals surface area contributed by atoms with Crippen molar-refractivity contribution < 1.29 is 19.8 Å². The number of rotatable bonds is 5. The van der Waals surface area contributed by atoms with Gasteiger partial charge in [-0.25, -0.2) is 4.79 Å². The van der Waals surface area contributed by atoms with Gasteiger partial charge in [0.1, 0.15) is 6.04 Å². The molecule has 0 spiro atoms. The van der Waals surface area contributed by atoms with Gasteiger partial charge in [0, 0.05) is 19.5 Å². The van der Waals surface area contributed by atoms with E-state index in [9.17, 15) is 9.59 Å². The average Bonchev–Trinajstić information content (AvgIpc) is 2.46. The first-order chi connectivity index (χ1) is 9.59. The number of aliphatic hydroxyl groups excluding tert-OH is 1. The Labute approximate surface area is 116 Å². The van der Waals surface area contributed by atoms with Crippen molar-refractivity contribution in [3.63, 3.8) is 0 Å². The van der Waals surface area contributed by atoms with Gasteiger partial charge in [0.15, 0.2) is 6.10 Å². The monoisotopic (exact) mass is 278 g/mol. The number of fused-ring (bicyclic) bond motifs is 1. The molecule has 0 aromatic heterocycles. The van der Waals surface area contributed by atoms with Crippen LogP contribution in [0.3, 0.4) is 0 Å². The summed E-state index contributed by atoms with van der Waals surface area (Å²) in [7, 11) is 0. The second-order valence-electron chi connectivity index (χ2n) is 4.77. The molecule has 6 heteroatoms. The van der Waals surface area contributed by atoms with Crippen molar-refractivity contribution in [3.8, 4) is 0 Å². The van der Waals surface area contributed by atoms with Crippen LogP contribution in [0.25, 0.3) is 0 Å². The van der Waals surface area contributed by atoms with Crippen molar-refractivity contribution >= 4 is 11.9 Å². The van der Waals surface area contributed by atoms with Crippen LogP contribution in [0.2, 0.25) is 0 Å². The standard InChI is InChI=1S/C14H18N2O4/c17-11(14(19)20)6-8-16-13(18)12-10-4-2-1-3-9(10)5-7-15-12/h1-4,11-12,15,17H,5-8H2,(H,16,18)(H,19,20). The van der Waals surface area contributed by atoms with Gasteiger partial charge >= 0.3 is 5.97 Å². The molecule has 20 heavy (non-hydrogen) atoms. The lowest BCUT2D eigenvalue weighted by molar-refractivity contribution is -0.147. The van der Waals surface area contributed by atoms with E-state index in [2.05, 4.69) is 10.6 Å². The number of aliphatic hydroxyl groups is 1. The Balaban J connectivity index is 1.92. The van der Waals surface area contributed by atoms with Crippen LogP contribution in [-0.2, 0) is 16.0 Å². The second-order valence-corrected chi connectivity index (χ2v) is 4.77. The van der Waals surface area contributed by atoms with E-state index in [0.717, 1.165) is 24.1 Å². The number of amides is 1. The number of carboxylic acid groups (broad SMARTS) is 1. The number of benzene rings is 1. The fourth-order valence-corrected chi connectivity index (χ4v) is 2.30. The molecule has 0 saturated carbocycles. The molecule has 0 fully saturated rings. The Morgan fingerprint density at radius 2 is 2.15 bits per heavy atom. The zero-order chi connectivity index (χ0) is 14.5. The summed E-state index contributed by atoms with van der Waals surface area (Å²) in [5.41, 5.74) is 2.10. The Hall–Kier alpha value is -1.92. The molecule has 108 valence electrons. The van der Waals surface area contributed by atoms with E-state index in [4.69, 9.17) is 10.2 Å². The maximum atomic E-state index is 12.1. The summed E-state index contributed by atoms with van der Waals surface area (Å²) >= 11 is 0. The van der Waals surface area contributed by atoms with Gasteiger partial charge in [-0.3, -0.25) is 4.79 Å². The maximum Gasteiger partial charge on any atom is 0.332 e. The van der Waals surface area contributed by atoms with Crippen molar-refractivity contribution in [1.29, 1.82) is 0 Å². The van der Waals surface area contributed by atoms with Crippen molar-refractivity contribution in [3.05, 3.63) is 35.4 Å². The predicted octanol–water partition coefficient (Wildman–Crippen LogP) is -0.175. The highest BCUT2D eigenvalue weighted by Gasteiger charge is 2.25. The van der Waals surface area contributed by atoms with Crippen LogP contribution in [0.4, 0.5) is 0 Å². The molecule has 0 radical (unpaired) electrons. The summed E-state index contributed by atoms with van der Waals surface area (Å²) < 4.78 is 0. The Bertz CT molecular complexity index is 504. The minimum atomic E-state index is -1.44. The number of hydrogen-bond donors (Lipinski definition) is 4. The van der Waals surface area contributed by atoms with Gasteiger partial charge in [-0.2, -0.15) is 0 Å². The second kappa shape index (κ2) is 6.49. The quantitative estimate of drug-likeness (QED) is 0.599. The molecule has 4 N–H and O–H groups in total. The van der Waals surface area contributed by atoms with Crippen molar-refractivity contribution in [1.82, 2.24) is 10.6 Å². The molecule has 0 aliphatic carbocycles. The number of carbonyl (C=O) groups is 2. The predicted molar refractivity (Wildman–Crippen MR) is 72.2 cm³/mol. The van der Waals surface area contributed by atoms with E-state index in [-0.39, 0.29) is 18.9 Å². The third-order valence-corrected chi connectivity index (χ3v) is 3.37. The van der Waals surface area contributed by atoms with Crippen LogP contribution in [0.1, 0.15) is 23.6 Å². The topological polar surface area (TPSA) is 98.7 Å². The van der Waals surface area contributed by atoms with Crippen molar-refractivity contribution in [2.24, 2.45) is 0 Å². The van der Waals surface area contributed by atoms with Crippen LogP contribution in [-0.4, -0.2) is 41.3 Å². The maximum absolute atomic E-state index is 12.1. The summed E-state index contributed by atoms with van der Waals surface area (Å²) in [5.74, 6) is -1.48. The average molecular weight is 278 g/mol. The Morgan fingerprint density at radius 1 is 1.40 bits per heavy atom. The van der Waals surface area contributed by atoms with E-state index in [1.165, 1.54) is 0 Å². The van der Waals surface area contributed by atoms with E-state index < -0.39 is 18.1 Å². The van der Waals surface area contributed by atoms with Gasteiger partial charge in [-0.05, 0) is 17.5 Å². The molecule has 1 heterocycles. The van der Waals surface area contributed by atoms with Gasteiger partial charge < -0.3 is 20.8 Å². The number of carboxylic acids is 1. The van der Waals surface area contributed by atoms with E-state index in [1.54, 1.807) is 0 Å². The molecule has 1 aliphatic rings. The van der Waals surface area contributed by atoms with Crippen LogP contribution >= 0.6 is 0 Å². The normalized spacial score (nSPS) is 18.9. The van der Waals surface area contributed by atoms with E-state index >= 15 is 0 Å². The van der Waals surface area contributed by atoms with Crippen molar-refractivity contribution in [2.45, 2.75) is 25.0 Å². The minimum Gasteiger partial charge on any atom is -0.479 e. The van der Waals surface area contributed by atoms with Crippen LogP contribution in [0.5, 0.6) is 0 Å². The third kappa shape index (κ3) is 3.34. The van der Waals surface area contributed by atoms with Gasteiger partial charge in [-0.15, -0.1) is 0 Å². The minimum absolute atomic E-state index is 0.00452. The highest BCUT2D eigenvalue weighted by molar-refractivity contribution is 5.84. The number of nitrogens with one attached hydrogen (secondary N) is 2. The highest BCUT2D eigenvalue weighted by atomic mass is 16.4. The molecule has 2 rings (SSSR count). The third-order valence-electron chi connectivity index (χ3n) is 3.37. The molecule has 1 aliphatic heterocycles. The largest absolute Gasteiger partial charge is 0.479 e. The summed E-state index contributed by atoms with van der Waals surface area (Å²) in [5, 5.41) is 23.5. The molecular formula is C14H18N2O4. The number of aliphatic carboxylic acids is 1. The lowest BCUT2D eigenvalue weighted by atomic mass is 9.94. The Kier molecular flexibility index (Phi) is 4.70. The first kappa shape index (κ1) is 14.5. The number of hydrogen-bond acceptors (Lipinski definition) is 4. The summed E-state index contributed by atoms with van der Waals surface area (Å²) in [6, 6.07) is 7.34. The van der Waals surface area contributed by atoms with Gasteiger partial charge in [-0.1, -0.05) is 24.3 Å². The van der Waals surface area contributed by atoms with E-state index in [0.29, 0.717) is 0 Å². The first-order valence-electron chi connectivity index (χ1n) is 6.59.